The number of nitrogens with two attached hydrogens (primary N) is 1. The fourth-order valence-electron chi connectivity index (χ4n) is 1.82. The summed E-state index contributed by atoms with van der Waals surface area (Å²) in [4.78, 5) is 12.0. The fourth-order valence-corrected chi connectivity index (χ4v) is 2.57. The van der Waals surface area contributed by atoms with Gasteiger partial charge in [-0.05, 0) is 42.8 Å². The average molecular weight is 291 g/mol. The van der Waals surface area contributed by atoms with Crippen molar-refractivity contribution >= 4 is 21.6 Å². The molecule has 3 N–H and O–H groups in total. The third-order valence-corrected chi connectivity index (χ3v) is 3.90. The molecule has 2 aromatic carbocycles. The number of benzene rings is 2. The molecule has 20 heavy (non-hydrogen) atoms. The molecule has 2 rings (SSSR count). The number of aryl methyl sites for hydroxylation is 1. The maximum Gasteiger partial charge on any atom is 0.294 e. The van der Waals surface area contributed by atoms with Crippen LogP contribution in [0.4, 0.5) is 5.69 Å². The van der Waals surface area contributed by atoms with E-state index >= 15 is 0 Å². The van der Waals surface area contributed by atoms with Crippen molar-refractivity contribution in [3.63, 3.8) is 0 Å². The highest BCUT2D eigenvalue weighted by atomic mass is 32.2. The van der Waals surface area contributed by atoms with Crippen LogP contribution in [-0.2, 0) is 10.1 Å². The van der Waals surface area contributed by atoms with Gasteiger partial charge < -0.3 is 5.73 Å². The van der Waals surface area contributed by atoms with Crippen LogP contribution in [0.5, 0.6) is 0 Å². The van der Waals surface area contributed by atoms with Gasteiger partial charge in [-0.25, -0.2) is 0 Å². The van der Waals surface area contributed by atoms with E-state index in [1.54, 1.807) is 31.2 Å². The van der Waals surface area contributed by atoms with E-state index in [1.165, 1.54) is 18.2 Å². The molecule has 0 bridgehead atoms. The summed E-state index contributed by atoms with van der Waals surface area (Å²) in [6.45, 7) is 1.54. The van der Waals surface area contributed by atoms with Crippen LogP contribution in [0.15, 0.2) is 47.4 Å². The molecule has 0 heterocycles. The van der Waals surface area contributed by atoms with Gasteiger partial charge in [0.1, 0.15) is 0 Å². The van der Waals surface area contributed by atoms with Crippen molar-refractivity contribution in [2.24, 2.45) is 0 Å². The van der Waals surface area contributed by atoms with Crippen molar-refractivity contribution < 1.29 is 17.8 Å². The van der Waals surface area contributed by atoms with E-state index in [2.05, 4.69) is 0 Å². The third kappa shape index (κ3) is 2.87. The van der Waals surface area contributed by atoms with Gasteiger partial charge in [-0.1, -0.05) is 12.1 Å². The first-order valence-corrected chi connectivity index (χ1v) is 7.21. The molecule has 0 aliphatic rings. The summed E-state index contributed by atoms with van der Waals surface area (Å²) in [7, 11) is -4.35. The number of rotatable bonds is 3. The fraction of sp³-hybridized carbons (Fsp3) is 0.0714. The van der Waals surface area contributed by atoms with Crippen LogP contribution in [0.25, 0.3) is 0 Å². The van der Waals surface area contributed by atoms with Crippen LogP contribution < -0.4 is 5.73 Å². The molecule has 0 atom stereocenters. The quantitative estimate of drug-likeness (QED) is 0.512. The molecule has 6 heteroatoms. The standard InChI is InChI=1S/C14H13NO4S/c1-9-2-3-11(8-13(9)20(17,18)19)14(16)10-4-6-12(15)7-5-10/h2-8H,15H2,1H3,(H,17,18,19). The van der Waals surface area contributed by atoms with Crippen molar-refractivity contribution in [3.8, 4) is 0 Å². The first kappa shape index (κ1) is 14.2. The minimum atomic E-state index is -4.35. The largest absolute Gasteiger partial charge is 0.399 e. The lowest BCUT2D eigenvalue weighted by Gasteiger charge is -2.06. The highest BCUT2D eigenvalue weighted by Crippen LogP contribution is 2.19. The molecule has 0 fully saturated rings. The van der Waals surface area contributed by atoms with Gasteiger partial charge in [0.05, 0.1) is 4.90 Å². The van der Waals surface area contributed by atoms with Crippen LogP contribution >= 0.6 is 0 Å². The van der Waals surface area contributed by atoms with E-state index in [0.717, 1.165) is 0 Å². The Labute approximate surface area is 116 Å². The van der Waals surface area contributed by atoms with Crippen LogP contribution in [0.1, 0.15) is 21.5 Å². The molecule has 2 aromatic rings. The molecule has 0 amide bonds. The minimum absolute atomic E-state index is 0.188. The number of ketones is 1. The monoisotopic (exact) mass is 291 g/mol. The van der Waals surface area contributed by atoms with E-state index in [9.17, 15) is 13.2 Å². The van der Waals surface area contributed by atoms with Gasteiger partial charge in [0.25, 0.3) is 10.1 Å². The van der Waals surface area contributed by atoms with Crippen molar-refractivity contribution in [2.45, 2.75) is 11.8 Å². The first-order chi connectivity index (χ1) is 9.29. The van der Waals surface area contributed by atoms with Gasteiger partial charge in [-0.15, -0.1) is 0 Å². The van der Waals surface area contributed by atoms with Gasteiger partial charge in [0.2, 0.25) is 0 Å². The van der Waals surface area contributed by atoms with Crippen molar-refractivity contribution in [3.05, 3.63) is 59.2 Å². The number of carbonyl (C=O) groups excluding carboxylic acids is 1. The number of hydrogen-bond acceptors (Lipinski definition) is 4. The summed E-state index contributed by atoms with van der Waals surface area (Å²) >= 11 is 0. The molecule has 0 aliphatic carbocycles. The van der Waals surface area contributed by atoms with E-state index < -0.39 is 10.1 Å². The maximum absolute atomic E-state index is 12.2. The zero-order valence-electron chi connectivity index (χ0n) is 10.7. The molecular formula is C14H13NO4S. The van der Waals surface area contributed by atoms with E-state index in [-0.39, 0.29) is 16.2 Å². The normalized spacial score (nSPS) is 11.3. The summed E-state index contributed by atoms with van der Waals surface area (Å²) in [6, 6.07) is 10.5. The molecule has 0 radical (unpaired) electrons. The number of hydrogen-bond donors (Lipinski definition) is 2. The first-order valence-electron chi connectivity index (χ1n) is 5.77. The lowest BCUT2D eigenvalue weighted by molar-refractivity contribution is 0.103. The smallest absolute Gasteiger partial charge is 0.294 e. The molecule has 5 nitrogen and oxygen atoms in total. The topological polar surface area (TPSA) is 97.5 Å². The van der Waals surface area contributed by atoms with E-state index in [4.69, 9.17) is 10.3 Å². The summed E-state index contributed by atoms with van der Waals surface area (Å²) in [5, 5.41) is 0. The Bertz CT molecular complexity index is 764. The second-order valence-corrected chi connectivity index (χ2v) is 5.80. The zero-order valence-corrected chi connectivity index (χ0v) is 11.5. The van der Waals surface area contributed by atoms with Gasteiger partial charge >= 0.3 is 0 Å². The van der Waals surface area contributed by atoms with Gasteiger partial charge in [-0.3, -0.25) is 9.35 Å². The van der Waals surface area contributed by atoms with Crippen molar-refractivity contribution in [1.82, 2.24) is 0 Å². The minimum Gasteiger partial charge on any atom is -0.399 e. The predicted molar refractivity (Wildman–Crippen MR) is 75.3 cm³/mol. The third-order valence-electron chi connectivity index (χ3n) is 2.90. The SMILES string of the molecule is Cc1ccc(C(=O)c2ccc(N)cc2)cc1S(=O)(=O)O. The summed E-state index contributed by atoms with van der Waals surface area (Å²) < 4.78 is 31.6. The molecule has 0 aliphatic heterocycles. The molecule has 0 saturated carbocycles. The Kier molecular flexibility index (Phi) is 3.61. The Morgan fingerprint density at radius 1 is 1.05 bits per heavy atom. The highest BCUT2D eigenvalue weighted by molar-refractivity contribution is 7.85. The Morgan fingerprint density at radius 2 is 1.60 bits per heavy atom. The Balaban J connectivity index is 2.49. The van der Waals surface area contributed by atoms with Crippen molar-refractivity contribution in [1.29, 1.82) is 0 Å². The van der Waals surface area contributed by atoms with E-state index in [0.29, 0.717) is 16.8 Å². The molecule has 104 valence electrons. The number of carbonyl (C=O) groups is 1. The van der Waals surface area contributed by atoms with Crippen molar-refractivity contribution in [2.75, 3.05) is 5.73 Å². The molecule has 0 unspecified atom stereocenters. The van der Waals surface area contributed by atoms with Gasteiger partial charge in [0.15, 0.2) is 5.78 Å². The summed E-state index contributed by atoms with van der Waals surface area (Å²) in [5.74, 6) is -0.338. The van der Waals surface area contributed by atoms with Crippen LogP contribution in [0.3, 0.4) is 0 Å². The van der Waals surface area contributed by atoms with Gasteiger partial charge in [0, 0.05) is 16.8 Å². The summed E-state index contributed by atoms with van der Waals surface area (Å²) in [6.07, 6.45) is 0. The Morgan fingerprint density at radius 3 is 2.15 bits per heavy atom. The average Bonchev–Trinajstić information content (AvgIpc) is 2.38. The zero-order chi connectivity index (χ0) is 14.9. The molecule has 0 spiro atoms. The summed E-state index contributed by atoms with van der Waals surface area (Å²) in [5.41, 5.74) is 7.03. The Hall–Kier alpha value is -2.18. The van der Waals surface area contributed by atoms with Crippen LogP contribution in [0.2, 0.25) is 0 Å². The van der Waals surface area contributed by atoms with E-state index in [1.807, 2.05) is 0 Å². The molecular weight excluding hydrogens is 278 g/mol. The number of anilines is 1. The highest BCUT2D eigenvalue weighted by Gasteiger charge is 2.17. The van der Waals surface area contributed by atoms with Crippen LogP contribution in [0, 0.1) is 6.92 Å². The van der Waals surface area contributed by atoms with Gasteiger partial charge in [-0.2, -0.15) is 8.42 Å². The van der Waals surface area contributed by atoms with Crippen LogP contribution in [-0.4, -0.2) is 18.8 Å². The molecule has 0 aromatic heterocycles. The number of nitrogen functional groups attached to an aromatic ring is 1. The predicted octanol–water partition coefficient (Wildman–Crippen LogP) is 2.05. The second-order valence-electron chi connectivity index (χ2n) is 4.41. The lowest BCUT2D eigenvalue weighted by atomic mass is 10.0. The lowest BCUT2D eigenvalue weighted by Crippen LogP contribution is -2.06. The molecule has 0 saturated heterocycles. The second kappa shape index (κ2) is 5.07. The maximum atomic E-state index is 12.2.